The lowest BCUT2D eigenvalue weighted by molar-refractivity contribution is -0.114. The molecule has 0 saturated carbocycles. The maximum Gasteiger partial charge on any atom is 0.221 e. The van der Waals surface area contributed by atoms with E-state index in [-0.39, 0.29) is 11.7 Å². The Morgan fingerprint density at radius 3 is 2.38 bits per heavy atom. The molecule has 2 aromatic carbocycles. The third-order valence-corrected chi connectivity index (χ3v) is 4.78. The van der Waals surface area contributed by atoms with Crippen molar-refractivity contribution in [3.63, 3.8) is 0 Å². The summed E-state index contributed by atoms with van der Waals surface area (Å²) in [4.78, 5) is 13.4. The minimum atomic E-state index is -0.173. The Kier molecular flexibility index (Phi) is 6.23. The van der Waals surface area contributed by atoms with Crippen LogP contribution in [0.1, 0.15) is 31.2 Å². The van der Waals surface area contributed by atoms with E-state index in [1.807, 2.05) is 36.4 Å². The zero-order valence-electron chi connectivity index (χ0n) is 15.1. The highest BCUT2D eigenvalue weighted by Crippen LogP contribution is 2.28. The number of likely N-dealkylation sites (tertiary alicyclic amines) is 1. The second-order valence-electron chi connectivity index (χ2n) is 6.72. The molecule has 0 spiro atoms. The lowest BCUT2D eigenvalue weighted by Gasteiger charge is -2.32. The van der Waals surface area contributed by atoms with Gasteiger partial charge in [-0.2, -0.15) is 0 Å². The molecule has 4 nitrogen and oxygen atoms in total. The Bertz CT molecular complexity index is 708. The van der Waals surface area contributed by atoms with Crippen LogP contribution in [0.5, 0.6) is 5.75 Å². The topological polar surface area (TPSA) is 41.6 Å². The molecule has 0 unspecified atom stereocenters. The lowest BCUT2D eigenvalue weighted by atomic mass is 9.89. The number of nitrogens with zero attached hydrogens (tertiary/aromatic N) is 1. The molecule has 26 heavy (non-hydrogen) atoms. The molecule has 1 aliphatic heterocycles. The summed E-state index contributed by atoms with van der Waals surface area (Å²) in [6, 6.07) is 14.3. The van der Waals surface area contributed by atoms with Gasteiger partial charge in [-0.25, -0.2) is 4.39 Å². The average Bonchev–Trinajstić information content (AvgIpc) is 2.64. The summed E-state index contributed by atoms with van der Waals surface area (Å²) in [6.45, 7) is 5.09. The molecular formula is C21H25FN2O2. The van der Waals surface area contributed by atoms with E-state index >= 15 is 0 Å². The molecule has 1 N–H and O–H groups in total. The molecule has 1 aliphatic rings. The van der Waals surface area contributed by atoms with Crippen LogP contribution in [0, 0.1) is 5.82 Å². The van der Waals surface area contributed by atoms with Crippen LogP contribution >= 0.6 is 0 Å². The van der Waals surface area contributed by atoms with Gasteiger partial charge in [-0.15, -0.1) is 0 Å². The Morgan fingerprint density at radius 1 is 1.12 bits per heavy atom. The van der Waals surface area contributed by atoms with Gasteiger partial charge in [0.1, 0.15) is 18.2 Å². The Labute approximate surface area is 154 Å². The highest BCUT2D eigenvalue weighted by Gasteiger charge is 2.20. The van der Waals surface area contributed by atoms with Gasteiger partial charge in [0, 0.05) is 19.2 Å². The molecule has 138 valence electrons. The lowest BCUT2D eigenvalue weighted by Crippen LogP contribution is -2.35. The molecule has 0 aromatic heterocycles. The molecule has 2 aromatic rings. The van der Waals surface area contributed by atoms with Crippen LogP contribution in [0.4, 0.5) is 10.1 Å². The molecule has 1 fully saturated rings. The largest absolute Gasteiger partial charge is 0.492 e. The summed E-state index contributed by atoms with van der Waals surface area (Å²) in [5, 5.41) is 2.74. The van der Waals surface area contributed by atoms with Crippen LogP contribution in [0.2, 0.25) is 0 Å². The van der Waals surface area contributed by atoms with Crippen molar-refractivity contribution in [1.82, 2.24) is 4.90 Å². The van der Waals surface area contributed by atoms with Gasteiger partial charge in [0.2, 0.25) is 5.91 Å². The smallest absolute Gasteiger partial charge is 0.221 e. The van der Waals surface area contributed by atoms with Gasteiger partial charge in [-0.3, -0.25) is 9.69 Å². The van der Waals surface area contributed by atoms with Crippen molar-refractivity contribution in [2.45, 2.75) is 25.7 Å². The number of nitrogens with one attached hydrogen (secondary N) is 1. The molecule has 5 heteroatoms. The minimum absolute atomic E-state index is 0.0808. The fraction of sp³-hybridized carbons (Fsp3) is 0.381. The number of benzene rings is 2. The van der Waals surface area contributed by atoms with Gasteiger partial charge in [0.25, 0.3) is 0 Å². The van der Waals surface area contributed by atoms with Crippen molar-refractivity contribution in [1.29, 1.82) is 0 Å². The number of ether oxygens (including phenoxy) is 1. The van der Waals surface area contributed by atoms with Crippen molar-refractivity contribution >= 4 is 11.6 Å². The van der Waals surface area contributed by atoms with Gasteiger partial charge in [-0.1, -0.05) is 12.1 Å². The van der Waals surface area contributed by atoms with E-state index in [1.54, 1.807) is 12.1 Å². The molecule has 0 bridgehead atoms. The SMILES string of the molecule is CC(=O)Nc1ccc(OCCN2CCC(c3ccc(F)cc3)CC2)cc1. The van der Waals surface area contributed by atoms with Crippen molar-refractivity contribution < 1.29 is 13.9 Å². The number of carbonyl (C=O) groups is 1. The van der Waals surface area contributed by atoms with E-state index in [2.05, 4.69) is 10.2 Å². The van der Waals surface area contributed by atoms with Crippen LogP contribution in [0.15, 0.2) is 48.5 Å². The number of amides is 1. The summed E-state index contributed by atoms with van der Waals surface area (Å²) >= 11 is 0. The standard InChI is InChI=1S/C21H25FN2O2/c1-16(25)23-20-6-8-21(9-7-20)26-15-14-24-12-10-18(11-13-24)17-2-4-19(22)5-3-17/h2-9,18H,10-15H2,1H3,(H,23,25). The normalized spacial score (nSPS) is 15.6. The first-order valence-corrected chi connectivity index (χ1v) is 9.08. The van der Waals surface area contributed by atoms with Crippen LogP contribution in [-0.4, -0.2) is 37.0 Å². The molecule has 0 radical (unpaired) electrons. The predicted molar refractivity (Wildman–Crippen MR) is 101 cm³/mol. The predicted octanol–water partition coefficient (Wildman–Crippen LogP) is 4.04. The zero-order chi connectivity index (χ0) is 18.4. The average molecular weight is 356 g/mol. The van der Waals surface area contributed by atoms with Crippen LogP contribution in [0.3, 0.4) is 0 Å². The summed E-state index contributed by atoms with van der Waals surface area (Å²) in [7, 11) is 0. The number of halogens is 1. The van der Waals surface area contributed by atoms with E-state index in [9.17, 15) is 9.18 Å². The third kappa shape index (κ3) is 5.30. The molecule has 1 amide bonds. The van der Waals surface area contributed by atoms with Crippen molar-refractivity contribution in [2.24, 2.45) is 0 Å². The van der Waals surface area contributed by atoms with Gasteiger partial charge >= 0.3 is 0 Å². The first-order chi connectivity index (χ1) is 12.6. The van der Waals surface area contributed by atoms with Gasteiger partial charge in [0.05, 0.1) is 0 Å². The highest BCUT2D eigenvalue weighted by atomic mass is 19.1. The molecule has 0 atom stereocenters. The number of carbonyl (C=O) groups excluding carboxylic acids is 1. The van der Waals surface area contributed by atoms with Crippen LogP contribution < -0.4 is 10.1 Å². The van der Waals surface area contributed by atoms with E-state index in [0.717, 1.165) is 43.9 Å². The second kappa shape index (κ2) is 8.81. The number of anilines is 1. The number of piperidine rings is 1. The maximum atomic E-state index is 13.0. The van der Waals surface area contributed by atoms with E-state index in [1.165, 1.54) is 12.5 Å². The monoisotopic (exact) mass is 356 g/mol. The second-order valence-corrected chi connectivity index (χ2v) is 6.72. The summed E-state index contributed by atoms with van der Waals surface area (Å²) in [5.74, 6) is 1.07. The fourth-order valence-electron chi connectivity index (χ4n) is 3.36. The van der Waals surface area contributed by atoms with Gasteiger partial charge in [-0.05, 0) is 73.8 Å². The zero-order valence-corrected chi connectivity index (χ0v) is 15.1. The number of hydrogen-bond acceptors (Lipinski definition) is 3. The highest BCUT2D eigenvalue weighted by molar-refractivity contribution is 5.88. The van der Waals surface area contributed by atoms with Crippen LogP contribution in [0.25, 0.3) is 0 Å². The number of rotatable bonds is 6. The van der Waals surface area contributed by atoms with Crippen molar-refractivity contribution in [3.8, 4) is 5.75 Å². The quantitative estimate of drug-likeness (QED) is 0.849. The van der Waals surface area contributed by atoms with Crippen molar-refractivity contribution in [3.05, 3.63) is 59.9 Å². The minimum Gasteiger partial charge on any atom is -0.492 e. The summed E-state index contributed by atoms with van der Waals surface area (Å²) < 4.78 is 18.8. The molecule has 1 heterocycles. The van der Waals surface area contributed by atoms with E-state index in [4.69, 9.17) is 4.74 Å². The van der Waals surface area contributed by atoms with Crippen LogP contribution in [-0.2, 0) is 4.79 Å². The van der Waals surface area contributed by atoms with E-state index in [0.29, 0.717) is 12.5 Å². The molecular weight excluding hydrogens is 331 g/mol. The molecule has 1 saturated heterocycles. The number of hydrogen-bond donors (Lipinski definition) is 1. The summed E-state index contributed by atoms with van der Waals surface area (Å²) in [5.41, 5.74) is 2.01. The summed E-state index contributed by atoms with van der Waals surface area (Å²) in [6.07, 6.45) is 2.19. The maximum absolute atomic E-state index is 13.0. The first-order valence-electron chi connectivity index (χ1n) is 9.08. The Balaban J connectivity index is 1.38. The first kappa shape index (κ1) is 18.4. The Morgan fingerprint density at radius 2 is 1.77 bits per heavy atom. The fourth-order valence-corrected chi connectivity index (χ4v) is 3.36. The van der Waals surface area contributed by atoms with Crippen molar-refractivity contribution in [2.75, 3.05) is 31.6 Å². The molecule has 3 rings (SSSR count). The van der Waals surface area contributed by atoms with E-state index < -0.39 is 0 Å². The molecule has 0 aliphatic carbocycles. The third-order valence-electron chi connectivity index (χ3n) is 4.78. The van der Waals surface area contributed by atoms with Gasteiger partial charge < -0.3 is 10.1 Å². The van der Waals surface area contributed by atoms with Gasteiger partial charge in [0.15, 0.2) is 0 Å². The Hall–Kier alpha value is -2.40.